The number of nitrogens with one attached hydrogen (secondary N) is 1. The van der Waals surface area contributed by atoms with E-state index in [0.717, 1.165) is 34.5 Å². The summed E-state index contributed by atoms with van der Waals surface area (Å²) in [5.41, 5.74) is 5.55. The van der Waals surface area contributed by atoms with E-state index in [1.807, 2.05) is 43.0 Å². The Morgan fingerprint density at radius 2 is 1.65 bits per heavy atom. The van der Waals surface area contributed by atoms with Crippen LogP contribution in [0.3, 0.4) is 0 Å². The zero-order valence-electron chi connectivity index (χ0n) is 17.8. The van der Waals surface area contributed by atoms with Gasteiger partial charge in [0.15, 0.2) is 0 Å². The number of carbonyl (C=O) groups is 1. The van der Waals surface area contributed by atoms with Crippen molar-refractivity contribution in [1.29, 1.82) is 0 Å². The van der Waals surface area contributed by atoms with Crippen molar-refractivity contribution in [3.05, 3.63) is 99.1 Å². The van der Waals surface area contributed by atoms with Crippen LogP contribution in [-0.2, 0) is 0 Å². The Morgan fingerprint density at radius 3 is 2.29 bits per heavy atom. The first-order chi connectivity index (χ1) is 14.8. The third-order valence-corrected chi connectivity index (χ3v) is 5.71. The largest absolute Gasteiger partial charge is 0.382 e. The number of nitrogens with zero attached hydrogens (tertiary/aromatic N) is 2. The van der Waals surface area contributed by atoms with E-state index >= 15 is 0 Å². The van der Waals surface area contributed by atoms with Gasteiger partial charge >= 0.3 is 0 Å². The number of rotatable bonds is 4. The minimum atomic E-state index is -0.459. The molecular formula is C25H25N3O3. The molecule has 158 valence electrons. The summed E-state index contributed by atoms with van der Waals surface area (Å²) in [5.74, 6) is -0.176. The zero-order valence-corrected chi connectivity index (χ0v) is 17.8. The van der Waals surface area contributed by atoms with Crippen molar-refractivity contribution in [3.63, 3.8) is 0 Å². The fourth-order valence-electron chi connectivity index (χ4n) is 4.13. The van der Waals surface area contributed by atoms with Gasteiger partial charge in [-0.1, -0.05) is 35.4 Å². The SMILES string of the molecule is Cc1ccc(N(C(=O)c2ccc([N+](=O)[O-])cc2)[C@@H]2C[C@@H](C)Nc3ccc(C)cc32)cc1. The Kier molecular flexibility index (Phi) is 5.46. The van der Waals surface area contributed by atoms with Crippen LogP contribution in [0.4, 0.5) is 17.1 Å². The average Bonchev–Trinajstić information content (AvgIpc) is 2.75. The van der Waals surface area contributed by atoms with Crippen LogP contribution in [0, 0.1) is 24.0 Å². The highest BCUT2D eigenvalue weighted by atomic mass is 16.6. The minimum absolute atomic E-state index is 0.0325. The molecule has 6 nitrogen and oxygen atoms in total. The van der Waals surface area contributed by atoms with Gasteiger partial charge in [-0.25, -0.2) is 0 Å². The van der Waals surface area contributed by atoms with Crippen LogP contribution < -0.4 is 10.2 Å². The van der Waals surface area contributed by atoms with Crippen LogP contribution in [0.25, 0.3) is 0 Å². The van der Waals surface area contributed by atoms with E-state index in [1.165, 1.54) is 24.3 Å². The third-order valence-electron chi connectivity index (χ3n) is 5.71. The summed E-state index contributed by atoms with van der Waals surface area (Å²) in [4.78, 5) is 26.1. The molecule has 0 fully saturated rings. The average molecular weight is 415 g/mol. The zero-order chi connectivity index (χ0) is 22.1. The molecule has 4 rings (SSSR count). The van der Waals surface area contributed by atoms with E-state index in [1.54, 1.807) is 0 Å². The van der Waals surface area contributed by atoms with Crippen LogP contribution in [-0.4, -0.2) is 16.9 Å². The summed E-state index contributed by atoms with van der Waals surface area (Å²) in [6.45, 7) is 6.17. The van der Waals surface area contributed by atoms with Crippen LogP contribution >= 0.6 is 0 Å². The summed E-state index contributed by atoms with van der Waals surface area (Å²) in [6, 6.07) is 20.0. The van der Waals surface area contributed by atoms with E-state index in [2.05, 4.69) is 30.4 Å². The number of benzene rings is 3. The second-order valence-corrected chi connectivity index (χ2v) is 8.20. The maximum Gasteiger partial charge on any atom is 0.269 e. The molecule has 0 aromatic heterocycles. The van der Waals surface area contributed by atoms with Gasteiger partial charge < -0.3 is 10.2 Å². The molecule has 0 spiro atoms. The Balaban J connectivity index is 1.82. The molecule has 3 aromatic carbocycles. The summed E-state index contributed by atoms with van der Waals surface area (Å²) >= 11 is 0. The van der Waals surface area contributed by atoms with Crippen LogP contribution in [0.2, 0.25) is 0 Å². The molecule has 1 aliphatic rings. The number of nitro groups is 1. The number of carbonyl (C=O) groups excluding carboxylic acids is 1. The third kappa shape index (κ3) is 4.14. The Labute approximate surface area is 181 Å². The van der Waals surface area contributed by atoms with Gasteiger partial charge in [-0.3, -0.25) is 14.9 Å². The Bertz CT molecular complexity index is 1120. The topological polar surface area (TPSA) is 75.5 Å². The van der Waals surface area contributed by atoms with Gasteiger partial charge in [0.25, 0.3) is 11.6 Å². The van der Waals surface area contributed by atoms with Crippen LogP contribution in [0.1, 0.15) is 46.4 Å². The molecule has 1 amide bonds. The molecule has 1 aliphatic heterocycles. The van der Waals surface area contributed by atoms with Gasteiger partial charge in [-0.15, -0.1) is 0 Å². The molecule has 0 saturated heterocycles. The molecule has 0 unspecified atom stereocenters. The van der Waals surface area contributed by atoms with Crippen LogP contribution in [0.15, 0.2) is 66.7 Å². The summed E-state index contributed by atoms with van der Waals surface area (Å²) in [7, 11) is 0. The summed E-state index contributed by atoms with van der Waals surface area (Å²) in [5, 5.41) is 14.5. The summed E-state index contributed by atoms with van der Waals surface area (Å²) in [6.07, 6.45) is 0.753. The Morgan fingerprint density at radius 1 is 1.00 bits per heavy atom. The predicted molar refractivity (Wildman–Crippen MR) is 123 cm³/mol. The second kappa shape index (κ2) is 8.22. The highest BCUT2D eigenvalue weighted by molar-refractivity contribution is 6.07. The van der Waals surface area contributed by atoms with E-state index in [-0.39, 0.29) is 23.7 Å². The number of fused-ring (bicyclic) bond motifs is 1. The molecule has 3 aromatic rings. The lowest BCUT2D eigenvalue weighted by Crippen LogP contribution is -2.40. The van der Waals surface area contributed by atoms with Gasteiger partial charge in [0, 0.05) is 35.1 Å². The normalized spacial score (nSPS) is 17.4. The molecule has 0 aliphatic carbocycles. The standard InChI is InChI=1S/C25H25N3O3/c1-16-4-9-20(10-5-16)27(25(29)19-7-11-21(12-8-19)28(30)31)24-15-18(3)26-23-13-6-17(2)14-22(23)24/h4-14,18,24,26H,15H2,1-3H3/t18-,24-/m1/s1. The minimum Gasteiger partial charge on any atom is -0.382 e. The van der Waals surface area contributed by atoms with E-state index in [4.69, 9.17) is 0 Å². The van der Waals surface area contributed by atoms with E-state index < -0.39 is 4.92 Å². The van der Waals surface area contributed by atoms with Gasteiger partial charge in [0.2, 0.25) is 0 Å². The predicted octanol–water partition coefficient (Wildman–Crippen LogP) is 5.80. The molecule has 0 bridgehead atoms. The van der Waals surface area contributed by atoms with Crippen molar-refractivity contribution in [2.75, 3.05) is 10.2 Å². The molecule has 1 N–H and O–H groups in total. The van der Waals surface area contributed by atoms with Gasteiger partial charge in [-0.2, -0.15) is 0 Å². The fraction of sp³-hybridized carbons (Fsp3) is 0.240. The lowest BCUT2D eigenvalue weighted by atomic mass is 9.90. The first kappa shape index (κ1) is 20.6. The number of amides is 1. The van der Waals surface area contributed by atoms with Crippen molar-refractivity contribution in [2.45, 2.75) is 39.3 Å². The number of nitro benzene ring substituents is 1. The number of anilines is 2. The maximum absolute atomic E-state index is 13.7. The molecule has 31 heavy (non-hydrogen) atoms. The lowest BCUT2D eigenvalue weighted by Gasteiger charge is -2.39. The van der Waals surface area contributed by atoms with Crippen molar-refractivity contribution in [2.24, 2.45) is 0 Å². The molecule has 0 saturated carbocycles. The van der Waals surface area contributed by atoms with Crippen LogP contribution in [0.5, 0.6) is 0 Å². The highest BCUT2D eigenvalue weighted by Gasteiger charge is 2.33. The van der Waals surface area contributed by atoms with Gasteiger partial charge in [0.1, 0.15) is 0 Å². The molecule has 2 atom stereocenters. The van der Waals surface area contributed by atoms with Gasteiger partial charge in [-0.05, 0) is 63.1 Å². The van der Waals surface area contributed by atoms with Crippen molar-refractivity contribution in [3.8, 4) is 0 Å². The number of hydrogen-bond donors (Lipinski definition) is 1. The first-order valence-corrected chi connectivity index (χ1v) is 10.4. The van der Waals surface area contributed by atoms with Crippen molar-refractivity contribution in [1.82, 2.24) is 0 Å². The molecular weight excluding hydrogens is 390 g/mol. The smallest absolute Gasteiger partial charge is 0.269 e. The molecule has 6 heteroatoms. The number of aryl methyl sites for hydroxylation is 2. The summed E-state index contributed by atoms with van der Waals surface area (Å²) < 4.78 is 0. The number of non-ortho nitro benzene ring substituents is 1. The van der Waals surface area contributed by atoms with E-state index in [0.29, 0.717) is 5.56 Å². The maximum atomic E-state index is 13.7. The lowest BCUT2D eigenvalue weighted by molar-refractivity contribution is -0.384. The van der Waals surface area contributed by atoms with E-state index in [9.17, 15) is 14.9 Å². The first-order valence-electron chi connectivity index (χ1n) is 10.4. The van der Waals surface area contributed by atoms with Crippen molar-refractivity contribution >= 4 is 23.0 Å². The van der Waals surface area contributed by atoms with Gasteiger partial charge in [0.05, 0.1) is 11.0 Å². The molecule has 0 radical (unpaired) electrons. The highest BCUT2D eigenvalue weighted by Crippen LogP contribution is 2.40. The second-order valence-electron chi connectivity index (χ2n) is 8.20. The Hall–Kier alpha value is -3.67. The fourth-order valence-corrected chi connectivity index (χ4v) is 4.13. The molecule has 1 heterocycles. The monoisotopic (exact) mass is 415 g/mol. The number of hydrogen-bond acceptors (Lipinski definition) is 4. The van der Waals surface area contributed by atoms with Crippen molar-refractivity contribution < 1.29 is 9.72 Å². The quantitative estimate of drug-likeness (QED) is 0.431.